The fraction of sp³-hybridized carbons (Fsp3) is 0.500. The van der Waals surface area contributed by atoms with Crippen molar-refractivity contribution in [2.75, 3.05) is 29.9 Å². The van der Waals surface area contributed by atoms with Crippen LogP contribution in [0.1, 0.15) is 89.3 Å². The Morgan fingerprint density at radius 2 is 1.88 bits per heavy atom. The summed E-state index contributed by atoms with van der Waals surface area (Å²) in [6, 6.07) is 4.99. The zero-order chi connectivity index (χ0) is 36.1. The van der Waals surface area contributed by atoms with Crippen molar-refractivity contribution in [3.63, 3.8) is 0 Å². The minimum Gasteiger partial charge on any atom is -0.352 e. The van der Waals surface area contributed by atoms with Crippen LogP contribution in [0, 0.1) is 29.4 Å². The molecule has 1 aromatic carbocycles. The number of aromatic nitrogens is 4. The molecule has 0 radical (unpaired) electrons. The fourth-order valence-corrected chi connectivity index (χ4v) is 8.90. The Morgan fingerprint density at radius 3 is 2.57 bits per heavy atom. The van der Waals surface area contributed by atoms with E-state index in [9.17, 15) is 9.59 Å². The van der Waals surface area contributed by atoms with Crippen LogP contribution < -0.4 is 15.5 Å². The molecule has 2 saturated carbocycles. The molecule has 3 fully saturated rings. The number of pyridine rings is 2. The van der Waals surface area contributed by atoms with E-state index in [1.165, 1.54) is 18.9 Å². The molecule has 4 aliphatic rings. The van der Waals surface area contributed by atoms with Gasteiger partial charge in [0.1, 0.15) is 11.2 Å². The van der Waals surface area contributed by atoms with E-state index in [2.05, 4.69) is 27.4 Å². The topological polar surface area (TPSA) is 108 Å². The van der Waals surface area contributed by atoms with Crippen LogP contribution in [0.15, 0.2) is 30.7 Å². The maximum Gasteiger partial charge on any atom is 0.252 e. The van der Waals surface area contributed by atoms with Crippen molar-refractivity contribution in [2.24, 2.45) is 17.8 Å². The number of nitrogens with one attached hydrogen (secondary N) is 2. The number of fused-ring (bicyclic) bond motifs is 3. The van der Waals surface area contributed by atoms with Crippen LogP contribution in [0.25, 0.3) is 22.3 Å². The molecule has 0 bridgehead atoms. The van der Waals surface area contributed by atoms with Gasteiger partial charge < -0.3 is 15.2 Å². The molecule has 0 spiro atoms. The lowest BCUT2D eigenvalue weighted by molar-refractivity contribution is -0.129. The van der Waals surface area contributed by atoms with Gasteiger partial charge in [-0.2, -0.15) is 0 Å². The highest BCUT2D eigenvalue weighted by Gasteiger charge is 2.61. The van der Waals surface area contributed by atoms with Crippen LogP contribution >= 0.6 is 11.6 Å². The molecule has 5 heterocycles. The first-order valence-corrected chi connectivity index (χ1v) is 18.3. The van der Waals surface area contributed by atoms with Gasteiger partial charge in [0.15, 0.2) is 17.5 Å². The quantitative estimate of drug-likeness (QED) is 0.181. The third kappa shape index (κ3) is 5.23. The summed E-state index contributed by atoms with van der Waals surface area (Å²) in [6.45, 7) is 14.1. The van der Waals surface area contributed by atoms with Crippen molar-refractivity contribution in [3.8, 4) is 11.3 Å². The Hall–Kier alpha value is -4.16. The third-order valence-corrected chi connectivity index (χ3v) is 11.8. The van der Waals surface area contributed by atoms with E-state index in [0.717, 1.165) is 43.2 Å². The second-order valence-corrected chi connectivity index (χ2v) is 16.1. The van der Waals surface area contributed by atoms with Crippen LogP contribution in [-0.2, 0) is 10.2 Å². The molecule has 13 heteroatoms. The zero-order valence-corrected chi connectivity index (χ0v) is 30.5. The summed E-state index contributed by atoms with van der Waals surface area (Å²) >= 11 is 6.08. The summed E-state index contributed by atoms with van der Waals surface area (Å²) in [6.07, 6.45) is 7.66. The van der Waals surface area contributed by atoms with E-state index in [1.54, 1.807) is 19.4 Å². The first kappa shape index (κ1) is 34.0. The number of likely N-dealkylation sites (tertiary alicyclic amines) is 1. The van der Waals surface area contributed by atoms with Gasteiger partial charge in [-0.05, 0) is 96.3 Å². The molecule has 2 amide bonds. The predicted octanol–water partition coefficient (Wildman–Crippen LogP) is 7.59. The maximum atomic E-state index is 15.5. The number of benzene rings is 1. The number of nitrogens with zero attached hydrogens (tertiary/aromatic N) is 6. The normalized spacial score (nSPS) is 25.2. The molecule has 2 aliphatic carbocycles. The molecule has 2 atom stereocenters. The monoisotopic (exact) mass is 716 g/mol. The van der Waals surface area contributed by atoms with Gasteiger partial charge in [-0.25, -0.2) is 18.7 Å². The molecule has 2 N–H and O–H groups in total. The smallest absolute Gasteiger partial charge is 0.252 e. The van der Waals surface area contributed by atoms with E-state index in [0.29, 0.717) is 34.1 Å². The Bertz CT molecular complexity index is 2110. The molecule has 51 heavy (non-hydrogen) atoms. The van der Waals surface area contributed by atoms with Crippen molar-refractivity contribution in [1.82, 2.24) is 29.7 Å². The summed E-state index contributed by atoms with van der Waals surface area (Å²) in [4.78, 5) is 46.3. The van der Waals surface area contributed by atoms with E-state index in [4.69, 9.17) is 21.6 Å². The van der Waals surface area contributed by atoms with Gasteiger partial charge in [0.05, 0.1) is 50.6 Å². The number of carbonyl (C=O) groups excluding carboxylic acids is 2. The number of hydrogen-bond acceptors (Lipinski definition) is 7. The Balaban J connectivity index is 1.25. The Labute approximate surface area is 301 Å². The molecule has 10 nitrogen and oxygen atoms in total. The Morgan fingerprint density at radius 1 is 1.12 bits per heavy atom. The first-order chi connectivity index (χ1) is 24.2. The summed E-state index contributed by atoms with van der Waals surface area (Å²) < 4.78 is 32.5. The number of carbonyl (C=O) groups is 2. The molecule has 2 aliphatic heterocycles. The van der Waals surface area contributed by atoms with Crippen LogP contribution in [0.4, 0.5) is 26.0 Å². The Kier molecular flexibility index (Phi) is 7.95. The number of anilines is 3. The van der Waals surface area contributed by atoms with Crippen LogP contribution in [-0.4, -0.2) is 61.5 Å². The summed E-state index contributed by atoms with van der Waals surface area (Å²) in [5.41, 5.74) is 2.09. The van der Waals surface area contributed by atoms with Crippen molar-refractivity contribution in [3.05, 3.63) is 58.6 Å². The standard InChI is InChI=1S/C38H43ClF2N8O2/c1-7-42-35(50)24-12-26(30(40)31(41)29(24)39)46-34-32-27(44-18-48(32)19(2)3)13-25(45-34)22-11-28-33(43-16-22)37(5,6)36(51)49(28)38(14-20(4)15-38)47-9-8-21-10-23(21)17-47/h11-13,16,18-21,23H,7-10,14-15,17H2,1-6H3,(H,42,50)(H,45,46). The predicted molar refractivity (Wildman–Crippen MR) is 193 cm³/mol. The second kappa shape index (κ2) is 11.9. The number of piperidine rings is 1. The molecule has 1 saturated heterocycles. The van der Waals surface area contributed by atoms with Crippen molar-refractivity contribution in [1.29, 1.82) is 0 Å². The minimum atomic E-state index is -1.34. The number of rotatable bonds is 8. The highest BCUT2D eigenvalue weighted by molar-refractivity contribution is 6.34. The average Bonchev–Trinajstić information content (AvgIpc) is 3.68. The molecule has 4 aromatic rings. The lowest BCUT2D eigenvalue weighted by Gasteiger charge is -2.59. The van der Waals surface area contributed by atoms with E-state index in [1.807, 2.05) is 49.3 Å². The van der Waals surface area contributed by atoms with Crippen LogP contribution in [0.5, 0.6) is 0 Å². The minimum absolute atomic E-state index is 0.0360. The maximum absolute atomic E-state index is 15.5. The van der Waals surface area contributed by atoms with Crippen LogP contribution in [0.3, 0.4) is 0 Å². The molecule has 3 aromatic heterocycles. The van der Waals surface area contributed by atoms with E-state index < -0.39 is 33.6 Å². The van der Waals surface area contributed by atoms with Gasteiger partial charge in [0.2, 0.25) is 5.91 Å². The summed E-state index contributed by atoms with van der Waals surface area (Å²) in [5, 5.41) is 4.96. The number of amides is 2. The molecule has 8 rings (SSSR count). The molecule has 268 valence electrons. The zero-order valence-electron chi connectivity index (χ0n) is 29.8. The van der Waals surface area contributed by atoms with E-state index in [-0.39, 0.29) is 35.6 Å². The first-order valence-electron chi connectivity index (χ1n) is 18.0. The number of imidazole rings is 1. The highest BCUT2D eigenvalue weighted by Crippen LogP contribution is 2.56. The molecular weight excluding hydrogens is 674 g/mol. The summed E-state index contributed by atoms with van der Waals surface area (Å²) in [7, 11) is 0. The van der Waals surface area contributed by atoms with Crippen molar-refractivity contribution < 1.29 is 18.4 Å². The summed E-state index contributed by atoms with van der Waals surface area (Å²) in [5.74, 6) is -0.915. The van der Waals surface area contributed by atoms with E-state index >= 15 is 8.78 Å². The van der Waals surface area contributed by atoms with Gasteiger partial charge >= 0.3 is 0 Å². The number of halogens is 3. The molecular formula is C38H43ClF2N8O2. The third-order valence-electron chi connectivity index (χ3n) is 11.5. The van der Waals surface area contributed by atoms with Gasteiger partial charge in [-0.1, -0.05) is 18.5 Å². The fourth-order valence-electron chi connectivity index (χ4n) is 8.68. The largest absolute Gasteiger partial charge is 0.352 e. The van der Waals surface area contributed by atoms with Crippen molar-refractivity contribution >= 4 is 51.6 Å². The lowest BCUT2D eigenvalue weighted by Crippen LogP contribution is -2.70. The average molecular weight is 717 g/mol. The second-order valence-electron chi connectivity index (χ2n) is 15.7. The van der Waals surface area contributed by atoms with Crippen LogP contribution in [0.2, 0.25) is 5.02 Å². The van der Waals surface area contributed by atoms with Gasteiger partial charge in [-0.3, -0.25) is 24.4 Å². The SMILES string of the molecule is CCNC(=O)c1cc(Nc2nc(-c3cnc4c(c3)N(C3(N5CCC6CC6C5)CC(C)C3)C(=O)C4(C)C)cc3ncn(C(C)C)c23)c(F)c(F)c1Cl. The van der Waals surface area contributed by atoms with Gasteiger partial charge in [0, 0.05) is 37.4 Å². The number of hydrogen-bond donors (Lipinski definition) is 2. The van der Waals surface area contributed by atoms with Gasteiger partial charge in [-0.15, -0.1) is 0 Å². The van der Waals surface area contributed by atoms with Crippen molar-refractivity contribution in [2.45, 2.75) is 84.3 Å². The highest BCUT2D eigenvalue weighted by atomic mass is 35.5. The lowest BCUT2D eigenvalue weighted by atomic mass is 9.72. The van der Waals surface area contributed by atoms with Gasteiger partial charge in [0.25, 0.3) is 5.91 Å². The molecule has 2 unspecified atom stereocenters.